The summed E-state index contributed by atoms with van der Waals surface area (Å²) >= 11 is 5.31. The van der Waals surface area contributed by atoms with E-state index in [1.807, 2.05) is 81.4 Å². The van der Waals surface area contributed by atoms with Gasteiger partial charge in [0.05, 0.1) is 5.56 Å². The van der Waals surface area contributed by atoms with Gasteiger partial charge in [0.2, 0.25) is 0 Å². The molecule has 0 saturated carbocycles. The second kappa shape index (κ2) is 8.77. The predicted octanol–water partition coefficient (Wildman–Crippen LogP) is 5.51. The quantitative estimate of drug-likeness (QED) is 0.323. The first-order chi connectivity index (χ1) is 15.3. The zero-order valence-electron chi connectivity index (χ0n) is 18.0. The third-order valence-electron chi connectivity index (χ3n) is 5.13. The van der Waals surface area contributed by atoms with Crippen LogP contribution in [0.2, 0.25) is 0 Å². The average Bonchev–Trinajstić information content (AvgIpc) is 2.73. The molecule has 0 fully saturated rings. The van der Waals surface area contributed by atoms with Crippen molar-refractivity contribution in [3.05, 3.63) is 99.4 Å². The number of nitrogens with one attached hydrogen (secondary N) is 2. The fraction of sp³-hybridized carbons (Fsp3) is 0.115. The van der Waals surface area contributed by atoms with Crippen LogP contribution in [0, 0.1) is 20.8 Å². The predicted molar refractivity (Wildman–Crippen MR) is 132 cm³/mol. The van der Waals surface area contributed by atoms with E-state index in [1.54, 1.807) is 6.07 Å². The summed E-state index contributed by atoms with van der Waals surface area (Å²) in [6, 6.07) is 20.4. The second-order valence-corrected chi connectivity index (χ2v) is 8.21. The number of thiocarbonyl (C=S) groups is 1. The summed E-state index contributed by atoms with van der Waals surface area (Å²) in [5.41, 5.74) is 5.62. The number of fused-ring (bicyclic) bond motifs is 1. The molecule has 4 aromatic rings. The number of carbonyl (C=O) groups excluding carboxylic acids is 1. The molecule has 2 N–H and O–H groups in total. The third kappa shape index (κ3) is 4.60. The van der Waals surface area contributed by atoms with Gasteiger partial charge in [-0.25, -0.2) is 4.79 Å². The molecule has 6 heteroatoms. The third-order valence-corrected chi connectivity index (χ3v) is 5.33. The first-order valence-electron chi connectivity index (χ1n) is 10.1. The smallest absolute Gasteiger partial charge is 0.344 e. The Morgan fingerprint density at radius 3 is 2.31 bits per heavy atom. The summed E-state index contributed by atoms with van der Waals surface area (Å²) in [6.45, 7) is 5.80. The zero-order valence-corrected chi connectivity index (χ0v) is 18.8. The SMILES string of the molecule is Cc1cc(C)cc(C(=O)NC(=S)Nc2ccc(-c3cc4ccccc4oc3=O)c(C)c2)c1. The van der Waals surface area contributed by atoms with Crippen LogP contribution in [0.15, 0.2) is 75.9 Å². The summed E-state index contributed by atoms with van der Waals surface area (Å²) in [6.07, 6.45) is 0. The van der Waals surface area contributed by atoms with Crippen molar-refractivity contribution in [2.24, 2.45) is 0 Å². The van der Waals surface area contributed by atoms with Gasteiger partial charge in [0.25, 0.3) is 5.91 Å². The molecule has 0 aliphatic heterocycles. The number of benzene rings is 3. The Labute approximate surface area is 191 Å². The number of hydrogen-bond donors (Lipinski definition) is 2. The van der Waals surface area contributed by atoms with Crippen LogP contribution in [0.4, 0.5) is 5.69 Å². The molecule has 0 radical (unpaired) electrons. The molecule has 5 nitrogen and oxygen atoms in total. The van der Waals surface area contributed by atoms with E-state index >= 15 is 0 Å². The average molecular weight is 443 g/mol. The van der Waals surface area contributed by atoms with E-state index in [0.29, 0.717) is 22.4 Å². The molecule has 32 heavy (non-hydrogen) atoms. The van der Waals surface area contributed by atoms with Gasteiger partial charge in [0.1, 0.15) is 5.58 Å². The minimum absolute atomic E-state index is 0.200. The lowest BCUT2D eigenvalue weighted by molar-refractivity contribution is 0.0977. The number of hydrogen-bond acceptors (Lipinski definition) is 4. The van der Waals surface area contributed by atoms with Crippen molar-refractivity contribution in [3.8, 4) is 11.1 Å². The summed E-state index contributed by atoms with van der Waals surface area (Å²) in [5, 5.41) is 6.80. The maximum atomic E-state index is 12.5. The number of anilines is 1. The standard InChI is InChI=1S/C26H22N2O3S/c1-15-10-16(2)12-19(11-15)24(29)28-26(32)27-20-8-9-21(17(3)13-20)22-14-18-6-4-5-7-23(18)31-25(22)30/h4-14H,1-3H3,(H2,27,28,29,32). The van der Waals surface area contributed by atoms with E-state index in [0.717, 1.165) is 27.6 Å². The summed E-state index contributed by atoms with van der Waals surface area (Å²) in [5.74, 6) is -0.267. The molecule has 4 rings (SSSR count). The van der Waals surface area contributed by atoms with Gasteiger partial charge in [-0.3, -0.25) is 10.1 Å². The molecule has 0 unspecified atom stereocenters. The van der Waals surface area contributed by atoms with E-state index in [9.17, 15) is 9.59 Å². The lowest BCUT2D eigenvalue weighted by Gasteiger charge is -2.13. The van der Waals surface area contributed by atoms with Crippen LogP contribution in [-0.4, -0.2) is 11.0 Å². The number of aryl methyl sites for hydroxylation is 3. The Hall–Kier alpha value is -3.77. The summed E-state index contributed by atoms with van der Waals surface area (Å²) in [4.78, 5) is 25.0. The Bertz CT molecular complexity index is 1400. The van der Waals surface area contributed by atoms with Crippen molar-refractivity contribution >= 4 is 39.9 Å². The molecule has 160 valence electrons. The maximum absolute atomic E-state index is 12.5. The highest BCUT2D eigenvalue weighted by Crippen LogP contribution is 2.26. The van der Waals surface area contributed by atoms with Crippen LogP contribution < -0.4 is 16.3 Å². The highest BCUT2D eigenvalue weighted by molar-refractivity contribution is 7.80. The zero-order chi connectivity index (χ0) is 22.8. The van der Waals surface area contributed by atoms with Gasteiger partial charge in [-0.2, -0.15) is 0 Å². The Balaban J connectivity index is 1.52. The van der Waals surface area contributed by atoms with Crippen molar-refractivity contribution in [1.29, 1.82) is 0 Å². The topological polar surface area (TPSA) is 71.3 Å². The van der Waals surface area contributed by atoms with E-state index in [4.69, 9.17) is 16.6 Å². The molecule has 1 amide bonds. The van der Waals surface area contributed by atoms with Crippen molar-refractivity contribution in [3.63, 3.8) is 0 Å². The van der Waals surface area contributed by atoms with E-state index in [1.165, 1.54) is 0 Å². The molecule has 1 aromatic heterocycles. The van der Waals surface area contributed by atoms with Crippen LogP contribution >= 0.6 is 12.2 Å². The molecule has 0 aliphatic rings. The van der Waals surface area contributed by atoms with Gasteiger partial charge < -0.3 is 9.73 Å². The summed E-state index contributed by atoms with van der Waals surface area (Å²) < 4.78 is 5.46. The van der Waals surface area contributed by atoms with Crippen LogP contribution in [0.25, 0.3) is 22.1 Å². The maximum Gasteiger partial charge on any atom is 0.344 e. The largest absolute Gasteiger partial charge is 0.422 e. The normalized spacial score (nSPS) is 10.7. The van der Waals surface area contributed by atoms with Gasteiger partial charge in [0, 0.05) is 16.6 Å². The fourth-order valence-corrected chi connectivity index (χ4v) is 3.95. The van der Waals surface area contributed by atoms with Gasteiger partial charge in [0.15, 0.2) is 5.11 Å². The fourth-order valence-electron chi connectivity index (χ4n) is 3.74. The molecular formula is C26H22N2O3S. The van der Waals surface area contributed by atoms with Crippen LogP contribution in [0.1, 0.15) is 27.0 Å². The lowest BCUT2D eigenvalue weighted by atomic mass is 10.0. The number of rotatable bonds is 3. The number of para-hydroxylation sites is 1. The Morgan fingerprint density at radius 2 is 1.59 bits per heavy atom. The first kappa shape index (κ1) is 21.5. The van der Waals surface area contributed by atoms with Crippen LogP contribution in [0.3, 0.4) is 0 Å². The lowest BCUT2D eigenvalue weighted by Crippen LogP contribution is -2.34. The second-order valence-electron chi connectivity index (χ2n) is 7.80. The van der Waals surface area contributed by atoms with Crippen LogP contribution in [0.5, 0.6) is 0 Å². The van der Waals surface area contributed by atoms with Gasteiger partial charge >= 0.3 is 5.63 Å². The Morgan fingerprint density at radius 1 is 0.875 bits per heavy atom. The molecule has 3 aromatic carbocycles. The van der Waals surface area contributed by atoms with Gasteiger partial charge in [-0.05, 0) is 80.5 Å². The number of amides is 1. The highest BCUT2D eigenvalue weighted by atomic mass is 32.1. The monoisotopic (exact) mass is 442 g/mol. The molecule has 0 saturated heterocycles. The van der Waals surface area contributed by atoms with Crippen molar-refractivity contribution in [2.45, 2.75) is 20.8 Å². The number of carbonyl (C=O) groups is 1. The van der Waals surface area contributed by atoms with E-state index < -0.39 is 0 Å². The van der Waals surface area contributed by atoms with Crippen molar-refractivity contribution < 1.29 is 9.21 Å². The summed E-state index contributed by atoms with van der Waals surface area (Å²) in [7, 11) is 0. The highest BCUT2D eigenvalue weighted by Gasteiger charge is 2.12. The molecule has 0 aliphatic carbocycles. The Kier molecular flexibility index (Phi) is 5.88. The first-order valence-corrected chi connectivity index (χ1v) is 10.6. The molecule has 0 bridgehead atoms. The van der Waals surface area contributed by atoms with Crippen molar-refractivity contribution in [2.75, 3.05) is 5.32 Å². The minimum Gasteiger partial charge on any atom is -0.422 e. The van der Waals surface area contributed by atoms with Crippen molar-refractivity contribution in [1.82, 2.24) is 5.32 Å². The molecular weight excluding hydrogens is 420 g/mol. The van der Waals surface area contributed by atoms with Gasteiger partial charge in [-0.15, -0.1) is 0 Å². The van der Waals surface area contributed by atoms with E-state index in [-0.39, 0.29) is 16.6 Å². The van der Waals surface area contributed by atoms with Crippen LogP contribution in [-0.2, 0) is 0 Å². The molecule has 0 spiro atoms. The van der Waals surface area contributed by atoms with Gasteiger partial charge in [-0.1, -0.05) is 41.5 Å². The molecule has 1 heterocycles. The minimum atomic E-state index is -0.385. The molecule has 0 atom stereocenters. The van der Waals surface area contributed by atoms with E-state index in [2.05, 4.69) is 10.6 Å².